The van der Waals surface area contributed by atoms with Crippen LogP contribution in [0.2, 0.25) is 0 Å². The van der Waals surface area contributed by atoms with Crippen LogP contribution in [0.25, 0.3) is 0 Å². The van der Waals surface area contributed by atoms with Gasteiger partial charge in [-0.15, -0.1) is 0 Å². The average molecular weight is 260 g/mol. The van der Waals surface area contributed by atoms with E-state index in [4.69, 9.17) is 5.73 Å². The molecule has 0 radical (unpaired) electrons. The van der Waals surface area contributed by atoms with Crippen LogP contribution in [0.4, 0.5) is 0 Å². The second-order valence-electron chi connectivity index (χ2n) is 6.14. The quantitative estimate of drug-likeness (QED) is 0.851. The summed E-state index contributed by atoms with van der Waals surface area (Å²) in [6, 6.07) is 10.9. The van der Waals surface area contributed by atoms with E-state index < -0.39 is 0 Å². The third-order valence-electron chi connectivity index (χ3n) is 4.85. The molecule has 0 bridgehead atoms. The lowest BCUT2D eigenvalue weighted by molar-refractivity contribution is 0.232. The van der Waals surface area contributed by atoms with Gasteiger partial charge in [0.15, 0.2) is 0 Å². The largest absolute Gasteiger partial charge is 0.326 e. The van der Waals surface area contributed by atoms with Crippen LogP contribution in [-0.4, -0.2) is 30.6 Å². The van der Waals surface area contributed by atoms with Gasteiger partial charge in [-0.25, -0.2) is 0 Å². The number of rotatable bonds is 6. The molecular formula is C17H28N2. The zero-order chi connectivity index (χ0) is 13.7. The Kier molecular flexibility index (Phi) is 5.00. The van der Waals surface area contributed by atoms with Crippen molar-refractivity contribution in [3.8, 4) is 0 Å². The Hall–Kier alpha value is -0.860. The molecule has 2 heteroatoms. The molecule has 1 fully saturated rings. The summed E-state index contributed by atoms with van der Waals surface area (Å²) in [5.74, 6) is 0. The highest BCUT2D eigenvalue weighted by Crippen LogP contribution is 2.36. The summed E-state index contributed by atoms with van der Waals surface area (Å²) in [5, 5.41) is 0. The molecule has 106 valence electrons. The summed E-state index contributed by atoms with van der Waals surface area (Å²) in [6.45, 7) is 8.16. The lowest BCUT2D eigenvalue weighted by atomic mass is 9.82. The van der Waals surface area contributed by atoms with Crippen molar-refractivity contribution in [1.82, 2.24) is 4.90 Å². The van der Waals surface area contributed by atoms with Crippen molar-refractivity contribution in [2.24, 2.45) is 11.1 Å². The maximum Gasteiger partial charge on any atom is 0.0208 e. The molecule has 2 rings (SSSR count). The van der Waals surface area contributed by atoms with Crippen molar-refractivity contribution in [2.75, 3.05) is 19.6 Å². The molecule has 0 aromatic heterocycles. The minimum absolute atomic E-state index is 0.256. The maximum atomic E-state index is 6.32. The van der Waals surface area contributed by atoms with Crippen LogP contribution in [0.1, 0.15) is 38.7 Å². The predicted octanol–water partition coefficient (Wildman–Crippen LogP) is 3.07. The summed E-state index contributed by atoms with van der Waals surface area (Å²) in [6.07, 6.45) is 4.93. The number of nitrogens with two attached hydrogens (primary N) is 1. The molecule has 1 aliphatic rings. The highest BCUT2D eigenvalue weighted by molar-refractivity contribution is 5.15. The van der Waals surface area contributed by atoms with Crippen LogP contribution in [-0.2, 0) is 6.42 Å². The van der Waals surface area contributed by atoms with Gasteiger partial charge in [-0.1, -0.05) is 44.2 Å². The van der Waals surface area contributed by atoms with E-state index in [0.717, 1.165) is 13.0 Å². The van der Waals surface area contributed by atoms with E-state index in [1.54, 1.807) is 0 Å². The second kappa shape index (κ2) is 6.53. The van der Waals surface area contributed by atoms with Gasteiger partial charge in [0.1, 0.15) is 0 Å². The van der Waals surface area contributed by atoms with Crippen LogP contribution < -0.4 is 5.73 Å². The summed E-state index contributed by atoms with van der Waals surface area (Å²) < 4.78 is 0. The average Bonchev–Trinajstić information content (AvgIpc) is 2.84. The van der Waals surface area contributed by atoms with Gasteiger partial charge in [-0.3, -0.25) is 0 Å². The van der Waals surface area contributed by atoms with Crippen LogP contribution in [0, 0.1) is 5.41 Å². The first-order chi connectivity index (χ1) is 9.17. The van der Waals surface area contributed by atoms with E-state index in [2.05, 4.69) is 49.1 Å². The zero-order valence-electron chi connectivity index (χ0n) is 12.4. The number of benzene rings is 1. The molecule has 1 aromatic carbocycles. The fraction of sp³-hybridized carbons (Fsp3) is 0.647. The molecule has 0 saturated carbocycles. The Labute approximate surface area is 118 Å². The monoisotopic (exact) mass is 260 g/mol. The molecule has 1 unspecified atom stereocenters. The van der Waals surface area contributed by atoms with Crippen LogP contribution in [0.15, 0.2) is 30.3 Å². The Morgan fingerprint density at radius 3 is 2.47 bits per heavy atom. The van der Waals surface area contributed by atoms with E-state index >= 15 is 0 Å². The Bertz CT molecular complexity index is 370. The molecule has 1 aromatic rings. The lowest BCUT2D eigenvalue weighted by Crippen LogP contribution is -2.38. The minimum Gasteiger partial charge on any atom is -0.326 e. The normalized spacial score (nSPS) is 20.6. The first-order valence-corrected chi connectivity index (χ1v) is 7.69. The van der Waals surface area contributed by atoms with Gasteiger partial charge >= 0.3 is 0 Å². The van der Waals surface area contributed by atoms with Crippen LogP contribution in [0.5, 0.6) is 0 Å². The molecular weight excluding hydrogens is 232 g/mol. The number of nitrogens with zero attached hydrogens (tertiary/aromatic N) is 1. The highest BCUT2D eigenvalue weighted by atomic mass is 15.2. The first-order valence-electron chi connectivity index (χ1n) is 7.69. The van der Waals surface area contributed by atoms with Crippen molar-refractivity contribution < 1.29 is 0 Å². The second-order valence-corrected chi connectivity index (χ2v) is 6.14. The van der Waals surface area contributed by atoms with Gasteiger partial charge in [0.05, 0.1) is 0 Å². The molecule has 1 aliphatic heterocycles. The SMILES string of the molecule is CCC1(CC)CCN(CC(N)Cc2ccccc2)C1. The van der Waals surface area contributed by atoms with Gasteiger partial charge in [0.2, 0.25) is 0 Å². The third-order valence-corrected chi connectivity index (χ3v) is 4.85. The fourth-order valence-corrected chi connectivity index (χ4v) is 3.32. The first kappa shape index (κ1) is 14.5. The van der Waals surface area contributed by atoms with E-state index in [1.807, 2.05) is 0 Å². The molecule has 2 N–H and O–H groups in total. The lowest BCUT2D eigenvalue weighted by Gasteiger charge is -2.27. The number of hydrogen-bond acceptors (Lipinski definition) is 2. The number of hydrogen-bond donors (Lipinski definition) is 1. The Morgan fingerprint density at radius 2 is 1.89 bits per heavy atom. The number of likely N-dealkylation sites (tertiary alicyclic amines) is 1. The van der Waals surface area contributed by atoms with E-state index in [0.29, 0.717) is 5.41 Å². The van der Waals surface area contributed by atoms with Gasteiger partial charge in [-0.05, 0) is 43.2 Å². The van der Waals surface area contributed by atoms with E-state index in [1.165, 1.54) is 37.9 Å². The maximum absolute atomic E-state index is 6.32. The van der Waals surface area contributed by atoms with Gasteiger partial charge < -0.3 is 10.6 Å². The van der Waals surface area contributed by atoms with Gasteiger partial charge in [-0.2, -0.15) is 0 Å². The minimum atomic E-state index is 0.256. The van der Waals surface area contributed by atoms with Gasteiger partial charge in [0.25, 0.3) is 0 Å². The Morgan fingerprint density at radius 1 is 1.21 bits per heavy atom. The third kappa shape index (κ3) is 3.80. The molecule has 0 spiro atoms. The van der Waals surface area contributed by atoms with Gasteiger partial charge in [0, 0.05) is 19.1 Å². The molecule has 19 heavy (non-hydrogen) atoms. The molecule has 1 atom stereocenters. The van der Waals surface area contributed by atoms with Crippen molar-refractivity contribution >= 4 is 0 Å². The zero-order valence-corrected chi connectivity index (χ0v) is 12.4. The van der Waals surface area contributed by atoms with E-state index in [-0.39, 0.29) is 6.04 Å². The highest BCUT2D eigenvalue weighted by Gasteiger charge is 2.34. The van der Waals surface area contributed by atoms with Crippen LogP contribution in [0.3, 0.4) is 0 Å². The van der Waals surface area contributed by atoms with Crippen molar-refractivity contribution in [3.05, 3.63) is 35.9 Å². The smallest absolute Gasteiger partial charge is 0.0208 e. The van der Waals surface area contributed by atoms with Crippen molar-refractivity contribution in [2.45, 2.75) is 45.6 Å². The summed E-state index contributed by atoms with van der Waals surface area (Å²) >= 11 is 0. The summed E-state index contributed by atoms with van der Waals surface area (Å²) in [5.41, 5.74) is 8.23. The fourth-order valence-electron chi connectivity index (χ4n) is 3.32. The standard InChI is InChI=1S/C17H28N2/c1-3-17(4-2)10-11-19(14-17)13-16(18)12-15-8-6-5-7-9-15/h5-9,16H,3-4,10-14,18H2,1-2H3. The predicted molar refractivity (Wildman–Crippen MR) is 82.2 cm³/mol. The van der Waals surface area contributed by atoms with E-state index in [9.17, 15) is 0 Å². The van der Waals surface area contributed by atoms with Crippen molar-refractivity contribution in [1.29, 1.82) is 0 Å². The summed E-state index contributed by atoms with van der Waals surface area (Å²) in [4.78, 5) is 2.57. The molecule has 1 saturated heterocycles. The molecule has 2 nitrogen and oxygen atoms in total. The van der Waals surface area contributed by atoms with Crippen LogP contribution >= 0.6 is 0 Å². The molecule has 0 aliphatic carbocycles. The van der Waals surface area contributed by atoms with Crippen molar-refractivity contribution in [3.63, 3.8) is 0 Å². The molecule has 0 amide bonds. The summed E-state index contributed by atoms with van der Waals surface area (Å²) in [7, 11) is 0. The topological polar surface area (TPSA) is 29.3 Å². The molecule has 1 heterocycles. The Balaban J connectivity index is 1.82.